The monoisotopic (exact) mass is 479 g/mol. The Morgan fingerprint density at radius 2 is 1.90 bits per heavy atom. The average Bonchev–Trinajstić information content (AvgIpc) is 3.07. The van der Waals surface area contributed by atoms with Crippen molar-refractivity contribution in [3.63, 3.8) is 0 Å². The fourth-order valence-corrected chi connectivity index (χ4v) is 6.08. The van der Waals surface area contributed by atoms with E-state index in [1.165, 1.54) is 23.5 Å². The van der Waals surface area contributed by atoms with Gasteiger partial charge < -0.3 is 21.5 Å². The van der Waals surface area contributed by atoms with Gasteiger partial charge in [0.1, 0.15) is 6.10 Å². The number of nitrogens with one attached hydrogen (secondary N) is 1. The number of carbonyl (C=O) groups excluding carboxylic acids is 1. The van der Waals surface area contributed by atoms with E-state index < -0.39 is 22.0 Å². The molecule has 0 aliphatic rings. The fraction of sp³-hybridized carbons (Fsp3) is 0.190. The Balaban J connectivity index is 1.75. The van der Waals surface area contributed by atoms with Gasteiger partial charge >= 0.3 is 6.09 Å². The van der Waals surface area contributed by atoms with Crippen LogP contribution in [0.3, 0.4) is 0 Å². The topological polar surface area (TPSA) is 125 Å². The van der Waals surface area contributed by atoms with E-state index in [0.717, 1.165) is 10.6 Å². The first-order chi connectivity index (χ1) is 14.6. The molecule has 0 fully saturated rings. The summed E-state index contributed by atoms with van der Waals surface area (Å²) in [5.74, 6) is 0. The lowest BCUT2D eigenvalue weighted by Crippen LogP contribution is -2.16. The van der Waals surface area contributed by atoms with Crippen molar-refractivity contribution in [3.8, 4) is 0 Å². The van der Waals surface area contributed by atoms with Gasteiger partial charge in [-0.05, 0) is 55.8 Å². The molecular weight excluding hydrogens is 458 g/mol. The Bertz CT molecular complexity index is 1210. The van der Waals surface area contributed by atoms with Crippen LogP contribution in [-0.4, -0.2) is 14.5 Å². The molecule has 31 heavy (non-hydrogen) atoms. The van der Waals surface area contributed by atoms with Crippen LogP contribution < -0.4 is 16.8 Å². The van der Waals surface area contributed by atoms with E-state index >= 15 is 0 Å². The number of rotatable bonds is 7. The second-order valence-electron chi connectivity index (χ2n) is 6.88. The highest BCUT2D eigenvalue weighted by Crippen LogP contribution is 2.32. The second-order valence-corrected chi connectivity index (χ2v) is 10.2. The molecule has 1 atom stereocenters. The van der Waals surface area contributed by atoms with Crippen LogP contribution in [0.4, 0.5) is 16.2 Å². The third-order valence-corrected chi connectivity index (χ3v) is 8.17. The van der Waals surface area contributed by atoms with Crippen molar-refractivity contribution in [2.24, 2.45) is 5.73 Å². The van der Waals surface area contributed by atoms with Crippen molar-refractivity contribution < 1.29 is 17.9 Å². The maximum absolute atomic E-state index is 13.0. The molecule has 1 aromatic heterocycles. The molecule has 0 bridgehead atoms. The molecular formula is C21H22ClN3O4S2. The van der Waals surface area contributed by atoms with Crippen molar-refractivity contribution in [1.29, 1.82) is 0 Å². The van der Waals surface area contributed by atoms with Crippen LogP contribution in [0.25, 0.3) is 0 Å². The van der Waals surface area contributed by atoms with Crippen LogP contribution in [0.15, 0.2) is 57.6 Å². The summed E-state index contributed by atoms with van der Waals surface area (Å²) in [5, 5.41) is 5.38. The van der Waals surface area contributed by atoms with Gasteiger partial charge in [0, 0.05) is 38.8 Å². The van der Waals surface area contributed by atoms with Crippen LogP contribution in [0.5, 0.6) is 0 Å². The zero-order valence-electron chi connectivity index (χ0n) is 16.9. The van der Waals surface area contributed by atoms with E-state index in [1.807, 2.05) is 0 Å². The van der Waals surface area contributed by atoms with Crippen LogP contribution in [0, 0.1) is 6.92 Å². The Labute approximate surface area is 189 Å². The number of primary amides is 1. The molecule has 0 saturated carbocycles. The number of anilines is 2. The summed E-state index contributed by atoms with van der Waals surface area (Å²) in [6.07, 6.45) is -1.43. The molecule has 0 radical (unpaired) electrons. The third kappa shape index (κ3) is 5.12. The maximum Gasteiger partial charge on any atom is 0.405 e. The summed E-state index contributed by atoms with van der Waals surface area (Å²) >= 11 is 7.23. The van der Waals surface area contributed by atoms with Crippen molar-refractivity contribution in [1.82, 2.24) is 0 Å². The first kappa shape index (κ1) is 22.9. The van der Waals surface area contributed by atoms with Crippen LogP contribution in [0.2, 0.25) is 5.02 Å². The Hall–Kier alpha value is -2.75. The van der Waals surface area contributed by atoms with Crippen molar-refractivity contribution in [2.75, 3.05) is 11.1 Å². The van der Waals surface area contributed by atoms with Crippen LogP contribution in [-0.2, 0) is 21.1 Å². The molecule has 0 aliphatic heterocycles. The number of benzene rings is 2. The third-order valence-electron chi connectivity index (χ3n) is 4.78. The van der Waals surface area contributed by atoms with Gasteiger partial charge in [-0.2, -0.15) is 0 Å². The number of nitrogen functional groups attached to an aromatic ring is 1. The number of sulfone groups is 1. The van der Waals surface area contributed by atoms with Gasteiger partial charge in [0.05, 0.1) is 9.79 Å². The molecule has 7 nitrogen and oxygen atoms in total. The maximum atomic E-state index is 13.0. The normalized spacial score (nSPS) is 12.4. The molecule has 164 valence electrons. The minimum absolute atomic E-state index is 0.202. The lowest BCUT2D eigenvalue weighted by molar-refractivity contribution is 0.117. The van der Waals surface area contributed by atoms with Gasteiger partial charge in [-0.1, -0.05) is 17.7 Å². The van der Waals surface area contributed by atoms with E-state index in [0.29, 0.717) is 28.4 Å². The van der Waals surface area contributed by atoms with Gasteiger partial charge in [0.2, 0.25) is 9.84 Å². The SMILES string of the molecule is Cc1c(S(=O)(=O)c2ccc(Cl)cc2)csc1CNc1ccc(C(C)OC(N)=O)c(N)c1. The van der Waals surface area contributed by atoms with Gasteiger partial charge in [0.15, 0.2) is 0 Å². The quantitative estimate of drug-likeness (QED) is 0.414. The van der Waals surface area contributed by atoms with Gasteiger partial charge in [-0.25, -0.2) is 13.2 Å². The van der Waals surface area contributed by atoms with E-state index in [-0.39, 0.29) is 9.79 Å². The van der Waals surface area contributed by atoms with Gasteiger partial charge in [-0.15, -0.1) is 11.3 Å². The molecule has 3 aromatic rings. The van der Waals surface area contributed by atoms with E-state index in [4.69, 9.17) is 27.8 Å². The lowest BCUT2D eigenvalue weighted by atomic mass is 10.1. The number of hydrogen-bond acceptors (Lipinski definition) is 7. The number of hydrogen-bond donors (Lipinski definition) is 3. The summed E-state index contributed by atoms with van der Waals surface area (Å²) in [4.78, 5) is 12.3. The molecule has 0 saturated heterocycles. The van der Waals surface area contributed by atoms with Crippen LogP contribution in [0.1, 0.15) is 29.0 Å². The van der Waals surface area contributed by atoms with Gasteiger partial charge in [-0.3, -0.25) is 0 Å². The standard InChI is InChI=1S/C21H22ClN3O4S2/c1-12-19(30-11-20(12)31(27,28)16-6-3-14(22)4-7-16)10-25-15-5-8-17(18(23)9-15)13(2)29-21(24)26/h3-9,11,13,25H,10,23H2,1-2H3,(H2,24,26). The number of halogens is 1. The Morgan fingerprint density at radius 1 is 1.23 bits per heavy atom. The number of thiophene rings is 1. The van der Waals surface area contributed by atoms with Gasteiger partial charge in [0.25, 0.3) is 0 Å². The van der Waals surface area contributed by atoms with Crippen LogP contribution >= 0.6 is 22.9 Å². The predicted octanol–water partition coefficient (Wildman–Crippen LogP) is 4.89. The van der Waals surface area contributed by atoms with Crippen molar-refractivity contribution in [2.45, 2.75) is 36.3 Å². The number of ether oxygens (including phenoxy) is 1. The number of amides is 1. The average molecular weight is 480 g/mol. The Kier molecular flexibility index (Phi) is 6.78. The summed E-state index contributed by atoms with van der Waals surface area (Å²) in [5.41, 5.74) is 13.7. The summed E-state index contributed by atoms with van der Waals surface area (Å²) in [7, 11) is -3.63. The lowest BCUT2D eigenvalue weighted by Gasteiger charge is -2.15. The predicted molar refractivity (Wildman–Crippen MR) is 123 cm³/mol. The molecule has 5 N–H and O–H groups in total. The minimum Gasteiger partial charge on any atom is -0.442 e. The second kappa shape index (κ2) is 9.17. The minimum atomic E-state index is -3.63. The highest BCUT2D eigenvalue weighted by Gasteiger charge is 2.23. The van der Waals surface area contributed by atoms with E-state index in [1.54, 1.807) is 49.6 Å². The molecule has 0 aliphatic carbocycles. The van der Waals surface area contributed by atoms with Crippen molar-refractivity contribution >= 4 is 50.2 Å². The molecule has 0 spiro atoms. The number of nitrogens with two attached hydrogens (primary N) is 2. The first-order valence-corrected chi connectivity index (χ1v) is 12.0. The largest absolute Gasteiger partial charge is 0.442 e. The zero-order valence-corrected chi connectivity index (χ0v) is 19.3. The summed E-state index contributed by atoms with van der Waals surface area (Å²) in [6.45, 7) is 3.90. The molecule has 1 unspecified atom stereocenters. The van der Waals surface area contributed by atoms with E-state index in [9.17, 15) is 13.2 Å². The fourth-order valence-electron chi connectivity index (χ4n) is 3.09. The summed E-state index contributed by atoms with van der Waals surface area (Å²) < 4.78 is 30.9. The highest BCUT2D eigenvalue weighted by molar-refractivity contribution is 7.91. The van der Waals surface area contributed by atoms with E-state index in [2.05, 4.69) is 5.32 Å². The number of carbonyl (C=O) groups is 1. The molecule has 10 heteroatoms. The zero-order chi connectivity index (χ0) is 22.8. The Morgan fingerprint density at radius 3 is 2.52 bits per heavy atom. The molecule has 1 amide bonds. The van der Waals surface area contributed by atoms with Crippen molar-refractivity contribution in [3.05, 3.63) is 68.9 Å². The molecule has 3 rings (SSSR count). The molecule has 1 heterocycles. The first-order valence-electron chi connectivity index (χ1n) is 9.26. The summed E-state index contributed by atoms with van der Waals surface area (Å²) in [6, 6.07) is 11.4. The highest BCUT2D eigenvalue weighted by atomic mass is 35.5. The smallest absolute Gasteiger partial charge is 0.405 e. The molecule has 2 aromatic carbocycles.